The van der Waals surface area contributed by atoms with E-state index in [0.29, 0.717) is 5.75 Å². The van der Waals surface area contributed by atoms with Crippen LogP contribution in [0.1, 0.15) is 6.92 Å². The lowest BCUT2D eigenvalue weighted by atomic mass is 10.1. The lowest BCUT2D eigenvalue weighted by Gasteiger charge is -2.22. The Bertz CT molecular complexity index is 549. The second-order valence-corrected chi connectivity index (χ2v) is 7.34. The molecule has 0 aliphatic carbocycles. The van der Waals surface area contributed by atoms with E-state index in [1.54, 1.807) is 6.26 Å². The summed E-state index contributed by atoms with van der Waals surface area (Å²) >= 11 is 7.10. The molecule has 108 valence electrons. The molecule has 0 saturated heterocycles. The van der Waals surface area contributed by atoms with E-state index in [1.165, 1.54) is 18.7 Å². The number of hydrogen-bond acceptors (Lipinski definition) is 4. The van der Waals surface area contributed by atoms with Crippen LogP contribution in [0.4, 0.5) is 4.39 Å². The summed E-state index contributed by atoms with van der Waals surface area (Å²) in [6.45, 7) is 1.38. The van der Waals surface area contributed by atoms with Crippen LogP contribution in [-0.2, 0) is 10.0 Å². The molecule has 0 fully saturated rings. The second-order valence-electron chi connectivity index (χ2n) is 4.33. The van der Waals surface area contributed by atoms with Crippen molar-refractivity contribution in [3.63, 3.8) is 0 Å². The number of benzene rings is 1. The molecule has 0 aliphatic heterocycles. The van der Waals surface area contributed by atoms with Crippen molar-refractivity contribution in [2.75, 3.05) is 18.6 Å². The van der Waals surface area contributed by atoms with Gasteiger partial charge in [0.05, 0.1) is 10.6 Å². The van der Waals surface area contributed by atoms with Gasteiger partial charge >= 0.3 is 0 Å². The van der Waals surface area contributed by atoms with E-state index in [1.807, 2.05) is 0 Å². The third kappa shape index (κ3) is 4.92. The highest BCUT2D eigenvalue weighted by Gasteiger charge is 2.25. The summed E-state index contributed by atoms with van der Waals surface area (Å²) in [5.74, 6) is -0.231. The van der Waals surface area contributed by atoms with Gasteiger partial charge in [-0.15, -0.1) is 0 Å². The molecule has 0 amide bonds. The van der Waals surface area contributed by atoms with Gasteiger partial charge in [0.1, 0.15) is 10.7 Å². The van der Waals surface area contributed by atoms with Crippen molar-refractivity contribution in [2.45, 2.75) is 17.4 Å². The van der Waals surface area contributed by atoms with Gasteiger partial charge < -0.3 is 5.11 Å². The van der Waals surface area contributed by atoms with Gasteiger partial charge in [-0.05, 0) is 31.4 Å². The Morgan fingerprint density at radius 3 is 2.68 bits per heavy atom. The lowest BCUT2D eigenvalue weighted by molar-refractivity contribution is 0.0908. The minimum Gasteiger partial charge on any atom is -0.388 e. The Hall–Kier alpha value is -0.340. The average Bonchev–Trinajstić information content (AvgIpc) is 2.26. The predicted molar refractivity (Wildman–Crippen MR) is 75.6 cm³/mol. The van der Waals surface area contributed by atoms with Crippen molar-refractivity contribution >= 4 is 33.4 Å². The second kappa shape index (κ2) is 6.41. The van der Waals surface area contributed by atoms with E-state index in [0.717, 1.165) is 18.2 Å². The van der Waals surface area contributed by atoms with Crippen LogP contribution in [-0.4, -0.2) is 37.7 Å². The molecule has 1 aromatic rings. The van der Waals surface area contributed by atoms with Crippen LogP contribution in [0.5, 0.6) is 0 Å². The smallest absolute Gasteiger partial charge is 0.242 e. The molecular formula is C11H15ClFNO3S2. The van der Waals surface area contributed by atoms with Crippen molar-refractivity contribution in [3.8, 4) is 0 Å². The molecule has 0 aliphatic rings. The summed E-state index contributed by atoms with van der Waals surface area (Å²) < 4.78 is 39.1. The van der Waals surface area contributed by atoms with E-state index in [2.05, 4.69) is 4.72 Å². The maximum absolute atomic E-state index is 12.9. The lowest BCUT2D eigenvalue weighted by Crippen LogP contribution is -2.42. The first kappa shape index (κ1) is 16.7. The Balaban J connectivity index is 2.87. The van der Waals surface area contributed by atoms with Gasteiger partial charge in [0.15, 0.2) is 0 Å². The molecule has 19 heavy (non-hydrogen) atoms. The van der Waals surface area contributed by atoms with Gasteiger partial charge in [0, 0.05) is 12.3 Å². The van der Waals surface area contributed by atoms with Gasteiger partial charge in [-0.1, -0.05) is 11.6 Å². The molecule has 0 heterocycles. The highest BCUT2D eigenvalue weighted by molar-refractivity contribution is 7.98. The van der Waals surface area contributed by atoms with Crippen molar-refractivity contribution in [3.05, 3.63) is 29.0 Å². The Morgan fingerprint density at radius 1 is 1.53 bits per heavy atom. The molecular weight excluding hydrogens is 313 g/mol. The van der Waals surface area contributed by atoms with Gasteiger partial charge in [0.2, 0.25) is 10.0 Å². The van der Waals surface area contributed by atoms with Crippen molar-refractivity contribution in [1.82, 2.24) is 4.72 Å². The van der Waals surface area contributed by atoms with Crippen molar-refractivity contribution < 1.29 is 17.9 Å². The van der Waals surface area contributed by atoms with Crippen LogP contribution < -0.4 is 4.72 Å². The fourth-order valence-corrected chi connectivity index (χ4v) is 3.80. The molecule has 0 aromatic heterocycles. The van der Waals surface area contributed by atoms with Crippen molar-refractivity contribution in [1.29, 1.82) is 0 Å². The van der Waals surface area contributed by atoms with Gasteiger partial charge in [-0.2, -0.15) is 11.8 Å². The Labute approximate surface area is 121 Å². The molecule has 8 heteroatoms. The summed E-state index contributed by atoms with van der Waals surface area (Å²) in [7, 11) is -3.88. The fraction of sp³-hybridized carbons (Fsp3) is 0.455. The van der Waals surface area contributed by atoms with E-state index >= 15 is 0 Å². The molecule has 0 radical (unpaired) electrons. The molecule has 0 unspecified atom stereocenters. The maximum Gasteiger partial charge on any atom is 0.242 e. The van der Waals surface area contributed by atoms with Gasteiger partial charge in [-0.3, -0.25) is 0 Å². The average molecular weight is 328 g/mol. The third-order valence-corrected chi connectivity index (χ3v) is 5.08. The Morgan fingerprint density at radius 2 is 2.16 bits per heavy atom. The minimum atomic E-state index is -3.88. The summed E-state index contributed by atoms with van der Waals surface area (Å²) in [4.78, 5) is -0.212. The monoisotopic (exact) mass is 327 g/mol. The fourth-order valence-electron chi connectivity index (χ4n) is 1.38. The number of nitrogens with one attached hydrogen (secondary N) is 1. The molecule has 0 bridgehead atoms. The maximum atomic E-state index is 12.9. The van der Waals surface area contributed by atoms with Crippen LogP contribution in [0.25, 0.3) is 0 Å². The number of halogens is 2. The number of rotatable bonds is 6. The molecule has 1 rings (SSSR count). The zero-order valence-corrected chi connectivity index (χ0v) is 12.9. The number of thioether (sulfide) groups is 1. The third-order valence-electron chi connectivity index (χ3n) is 2.28. The number of hydrogen-bond donors (Lipinski definition) is 2. The summed E-state index contributed by atoms with van der Waals surface area (Å²) in [6.07, 6.45) is 1.81. The van der Waals surface area contributed by atoms with E-state index < -0.39 is 21.4 Å². The molecule has 1 atom stereocenters. The zero-order valence-electron chi connectivity index (χ0n) is 10.5. The van der Waals surface area contributed by atoms with Crippen LogP contribution in [0, 0.1) is 5.82 Å². The van der Waals surface area contributed by atoms with Crippen LogP contribution in [0.15, 0.2) is 23.1 Å². The molecule has 1 aromatic carbocycles. The summed E-state index contributed by atoms with van der Waals surface area (Å²) in [5.41, 5.74) is -1.17. The molecule has 0 saturated carbocycles. The normalized spacial score (nSPS) is 15.2. The predicted octanol–water partition coefficient (Wildman–Crippen LogP) is 1.87. The number of aliphatic hydroxyl groups is 1. The van der Waals surface area contributed by atoms with Gasteiger partial charge in [-0.25, -0.2) is 17.5 Å². The first-order valence-corrected chi connectivity index (χ1v) is 8.59. The standard InChI is InChI=1S/C11H15ClFNO3S2/c1-11(15,7-18-2)6-14-19(16,17)10-4-3-8(13)5-9(10)12/h3-5,14-15H,6-7H2,1-2H3/t11-/m0/s1. The quantitative estimate of drug-likeness (QED) is 0.837. The van der Waals surface area contributed by atoms with Crippen LogP contribution in [0.3, 0.4) is 0 Å². The van der Waals surface area contributed by atoms with E-state index in [9.17, 15) is 17.9 Å². The highest BCUT2D eigenvalue weighted by Crippen LogP contribution is 2.22. The van der Waals surface area contributed by atoms with Crippen molar-refractivity contribution in [2.24, 2.45) is 0 Å². The Kier molecular flexibility index (Phi) is 5.64. The largest absolute Gasteiger partial charge is 0.388 e. The summed E-state index contributed by atoms with van der Waals surface area (Å²) in [5, 5.41) is 9.70. The van der Waals surface area contributed by atoms with Gasteiger partial charge in [0.25, 0.3) is 0 Å². The highest BCUT2D eigenvalue weighted by atomic mass is 35.5. The zero-order chi connectivity index (χ0) is 14.7. The minimum absolute atomic E-state index is 0.149. The number of sulfonamides is 1. The first-order valence-electron chi connectivity index (χ1n) is 5.34. The molecule has 0 spiro atoms. The van der Waals surface area contributed by atoms with E-state index in [4.69, 9.17) is 11.6 Å². The SMILES string of the molecule is CSC[C@@](C)(O)CNS(=O)(=O)c1ccc(F)cc1Cl. The van der Waals surface area contributed by atoms with Crippen LogP contribution >= 0.6 is 23.4 Å². The first-order chi connectivity index (χ1) is 8.68. The molecule has 4 nitrogen and oxygen atoms in total. The van der Waals surface area contributed by atoms with E-state index in [-0.39, 0.29) is 16.5 Å². The topological polar surface area (TPSA) is 66.4 Å². The summed E-state index contributed by atoms with van der Waals surface area (Å²) in [6, 6.07) is 3.03. The molecule has 2 N–H and O–H groups in total. The van der Waals surface area contributed by atoms with Crippen LogP contribution in [0.2, 0.25) is 5.02 Å².